The first-order valence-corrected chi connectivity index (χ1v) is 11.2. The monoisotopic (exact) mass is 453 g/mol. The molecule has 176 valence electrons. The van der Waals surface area contributed by atoms with Gasteiger partial charge in [-0.15, -0.1) is 10.2 Å². The summed E-state index contributed by atoms with van der Waals surface area (Å²) in [6, 6.07) is 5.18. The summed E-state index contributed by atoms with van der Waals surface area (Å²) in [5.41, 5.74) is -0.237. The van der Waals surface area contributed by atoms with Gasteiger partial charge >= 0.3 is 6.18 Å². The van der Waals surface area contributed by atoms with Crippen LogP contribution >= 0.6 is 0 Å². The lowest BCUT2D eigenvalue weighted by atomic mass is 9.99. The number of carbonyl (C=O) groups is 1. The third-order valence-electron chi connectivity index (χ3n) is 5.95. The van der Waals surface area contributed by atoms with Gasteiger partial charge in [0.2, 0.25) is 5.91 Å². The van der Waals surface area contributed by atoms with E-state index in [-0.39, 0.29) is 18.4 Å². The molecule has 2 heterocycles. The number of tetrazole rings is 1. The van der Waals surface area contributed by atoms with Gasteiger partial charge in [-0.2, -0.15) is 18.4 Å². The molecule has 1 aromatic heterocycles. The van der Waals surface area contributed by atoms with Crippen LogP contribution in [0, 0.1) is 0 Å². The Morgan fingerprint density at radius 2 is 2.03 bits per heavy atom. The number of carbonyl (C=O) groups excluding carboxylic acids is 1. The molecule has 0 bridgehead atoms. The van der Waals surface area contributed by atoms with Crippen molar-refractivity contribution in [3.8, 4) is 0 Å². The number of hydrogen-bond acceptors (Lipinski definition) is 5. The van der Waals surface area contributed by atoms with Crippen molar-refractivity contribution < 1.29 is 23.1 Å². The van der Waals surface area contributed by atoms with Crippen molar-refractivity contribution in [2.24, 2.45) is 0 Å². The minimum atomic E-state index is -4.39. The second-order valence-electron chi connectivity index (χ2n) is 8.41. The van der Waals surface area contributed by atoms with E-state index in [1.54, 1.807) is 6.07 Å². The highest BCUT2D eigenvalue weighted by molar-refractivity contribution is 5.78. The Hall–Kier alpha value is -2.49. The average Bonchev–Trinajstić information content (AvgIpc) is 3.39. The lowest BCUT2D eigenvalue weighted by molar-refractivity contribution is -0.137. The summed E-state index contributed by atoms with van der Waals surface area (Å²) >= 11 is 0. The lowest BCUT2D eigenvalue weighted by Crippen LogP contribution is -2.34. The van der Waals surface area contributed by atoms with Crippen molar-refractivity contribution in [1.29, 1.82) is 0 Å². The first-order valence-electron chi connectivity index (χ1n) is 11.2. The van der Waals surface area contributed by atoms with Crippen LogP contribution in [0.3, 0.4) is 0 Å². The van der Waals surface area contributed by atoms with Crippen molar-refractivity contribution in [2.75, 3.05) is 6.54 Å². The number of likely N-dealkylation sites (tertiary alicyclic amines) is 1. The van der Waals surface area contributed by atoms with E-state index in [0.717, 1.165) is 50.7 Å². The molecule has 0 spiro atoms. The second kappa shape index (κ2) is 11.4. The van der Waals surface area contributed by atoms with E-state index in [4.69, 9.17) is 0 Å². The topological polar surface area (TPSA) is 95.0 Å². The molecule has 2 atom stereocenters. The van der Waals surface area contributed by atoms with Crippen LogP contribution in [0.5, 0.6) is 0 Å². The van der Waals surface area contributed by atoms with Gasteiger partial charge in [-0.05, 0) is 50.2 Å². The molecule has 2 N–H and O–H groups in total. The molecule has 0 saturated carbocycles. The molecular formula is C22H30F3N5O2. The predicted molar refractivity (Wildman–Crippen MR) is 111 cm³/mol. The quantitative estimate of drug-likeness (QED) is 0.478. The molecule has 1 aromatic carbocycles. The Bertz CT molecular complexity index is 844. The SMILES string of the molecule is O=C1CC[C@H](CCC(O)Cc2cccc(C(F)(F)F)c2)N1CCCCCCc1nn[nH]n1. The van der Waals surface area contributed by atoms with Crippen LogP contribution in [0.1, 0.15) is 68.3 Å². The highest BCUT2D eigenvalue weighted by Crippen LogP contribution is 2.30. The number of benzene rings is 1. The number of alkyl halides is 3. The molecular weight excluding hydrogens is 423 g/mol. The van der Waals surface area contributed by atoms with Gasteiger partial charge in [0.05, 0.1) is 11.7 Å². The number of halogens is 3. The number of aromatic nitrogens is 4. The highest BCUT2D eigenvalue weighted by atomic mass is 19.4. The number of nitrogens with one attached hydrogen (secondary N) is 1. The minimum Gasteiger partial charge on any atom is -0.393 e. The van der Waals surface area contributed by atoms with E-state index >= 15 is 0 Å². The number of aromatic amines is 1. The first kappa shape index (κ1) is 24.2. The number of aliphatic hydroxyl groups excluding tert-OH is 1. The van der Waals surface area contributed by atoms with Crippen molar-refractivity contribution in [2.45, 2.75) is 82.5 Å². The molecule has 10 heteroatoms. The van der Waals surface area contributed by atoms with E-state index < -0.39 is 17.8 Å². The molecule has 2 aromatic rings. The maximum Gasteiger partial charge on any atom is 0.416 e. The van der Waals surface area contributed by atoms with Gasteiger partial charge in [-0.1, -0.05) is 36.3 Å². The molecule has 1 unspecified atom stereocenters. The van der Waals surface area contributed by atoms with Gasteiger partial charge < -0.3 is 10.0 Å². The minimum absolute atomic E-state index is 0.0954. The molecule has 32 heavy (non-hydrogen) atoms. The summed E-state index contributed by atoms with van der Waals surface area (Å²) < 4.78 is 38.6. The fourth-order valence-corrected chi connectivity index (χ4v) is 4.24. The standard InChI is InChI=1S/C22H30F3N5O2/c23-22(24,25)17-7-5-6-16(14-17)15-19(31)11-9-18-10-12-21(32)30(18)13-4-2-1-3-8-20-26-28-29-27-20/h5-7,14,18-19,31H,1-4,8-13,15H2,(H,26,27,28,29)/t18-,19?/m0/s1. The van der Waals surface area contributed by atoms with E-state index in [9.17, 15) is 23.1 Å². The third-order valence-corrected chi connectivity index (χ3v) is 5.95. The van der Waals surface area contributed by atoms with Gasteiger partial charge in [0, 0.05) is 25.4 Å². The summed E-state index contributed by atoms with van der Waals surface area (Å²) in [4.78, 5) is 14.2. The van der Waals surface area contributed by atoms with Gasteiger partial charge in [-0.3, -0.25) is 4.79 Å². The Balaban J connectivity index is 1.37. The van der Waals surface area contributed by atoms with Crippen LogP contribution in [0.15, 0.2) is 24.3 Å². The number of amides is 1. The summed E-state index contributed by atoms with van der Waals surface area (Å²) in [6.07, 6.45) is 2.15. The molecule has 0 radical (unpaired) electrons. The molecule has 3 rings (SSSR count). The Morgan fingerprint density at radius 1 is 1.22 bits per heavy atom. The molecule has 1 amide bonds. The van der Waals surface area contributed by atoms with E-state index in [1.165, 1.54) is 6.07 Å². The number of aliphatic hydroxyl groups is 1. The summed E-state index contributed by atoms with van der Waals surface area (Å²) in [6.45, 7) is 0.704. The zero-order valence-corrected chi connectivity index (χ0v) is 18.0. The van der Waals surface area contributed by atoms with Crippen molar-refractivity contribution in [1.82, 2.24) is 25.5 Å². The van der Waals surface area contributed by atoms with Crippen LogP contribution < -0.4 is 0 Å². The largest absolute Gasteiger partial charge is 0.416 e. The average molecular weight is 454 g/mol. The number of rotatable bonds is 12. The summed E-state index contributed by atoms with van der Waals surface area (Å²) in [5, 5.41) is 24.2. The second-order valence-corrected chi connectivity index (χ2v) is 8.41. The number of H-pyrrole nitrogens is 1. The number of unbranched alkanes of at least 4 members (excludes halogenated alkanes) is 3. The maximum atomic E-state index is 12.9. The van der Waals surface area contributed by atoms with Crippen LogP contribution in [-0.2, 0) is 23.8 Å². The van der Waals surface area contributed by atoms with Gasteiger partial charge in [0.1, 0.15) is 0 Å². The maximum absolute atomic E-state index is 12.9. The number of hydrogen-bond donors (Lipinski definition) is 2. The normalized spacial score (nSPS) is 17.8. The molecule has 1 fully saturated rings. The lowest BCUT2D eigenvalue weighted by Gasteiger charge is -2.26. The van der Waals surface area contributed by atoms with E-state index in [0.29, 0.717) is 37.2 Å². The van der Waals surface area contributed by atoms with Crippen molar-refractivity contribution in [3.05, 3.63) is 41.2 Å². The van der Waals surface area contributed by atoms with Crippen LogP contribution in [0.2, 0.25) is 0 Å². The predicted octanol–water partition coefficient (Wildman–Crippen LogP) is 3.70. The van der Waals surface area contributed by atoms with Crippen LogP contribution in [0.25, 0.3) is 0 Å². The number of aryl methyl sites for hydroxylation is 1. The fourth-order valence-electron chi connectivity index (χ4n) is 4.24. The van der Waals surface area contributed by atoms with Gasteiger partial charge in [0.15, 0.2) is 5.82 Å². The van der Waals surface area contributed by atoms with Gasteiger partial charge in [-0.25, -0.2) is 0 Å². The fraction of sp³-hybridized carbons (Fsp3) is 0.636. The zero-order chi connectivity index (χ0) is 23.0. The van der Waals surface area contributed by atoms with Crippen molar-refractivity contribution in [3.63, 3.8) is 0 Å². The molecule has 1 aliphatic rings. The highest BCUT2D eigenvalue weighted by Gasteiger charge is 2.31. The Morgan fingerprint density at radius 3 is 2.78 bits per heavy atom. The first-order chi connectivity index (χ1) is 15.3. The van der Waals surface area contributed by atoms with Gasteiger partial charge in [0.25, 0.3) is 0 Å². The Labute approximate surface area is 185 Å². The molecule has 1 saturated heterocycles. The van der Waals surface area contributed by atoms with E-state index in [2.05, 4.69) is 20.6 Å². The smallest absolute Gasteiger partial charge is 0.393 e. The number of nitrogens with zero attached hydrogens (tertiary/aromatic N) is 4. The third kappa shape index (κ3) is 7.29. The van der Waals surface area contributed by atoms with E-state index in [1.807, 2.05) is 4.90 Å². The summed E-state index contributed by atoms with van der Waals surface area (Å²) in [5.74, 6) is 0.859. The molecule has 1 aliphatic heterocycles. The molecule has 0 aliphatic carbocycles. The molecule has 7 nitrogen and oxygen atoms in total. The Kier molecular flexibility index (Phi) is 8.60. The van der Waals surface area contributed by atoms with Crippen molar-refractivity contribution >= 4 is 5.91 Å². The van der Waals surface area contributed by atoms with Crippen LogP contribution in [0.4, 0.5) is 13.2 Å². The van der Waals surface area contributed by atoms with Crippen LogP contribution in [-0.4, -0.2) is 55.2 Å². The summed E-state index contributed by atoms with van der Waals surface area (Å²) in [7, 11) is 0. The zero-order valence-electron chi connectivity index (χ0n) is 18.0.